The molecule has 0 radical (unpaired) electrons. The molecule has 0 spiro atoms. The third-order valence-electron chi connectivity index (χ3n) is 7.27. The van der Waals surface area contributed by atoms with E-state index in [9.17, 15) is 18.0 Å². The van der Waals surface area contributed by atoms with Gasteiger partial charge in [0, 0.05) is 24.7 Å². The Morgan fingerprint density at radius 2 is 1.84 bits per heavy atom. The van der Waals surface area contributed by atoms with E-state index >= 15 is 0 Å². The zero-order valence-electron chi connectivity index (χ0n) is 22.5. The minimum Gasteiger partial charge on any atom is -0.490 e. The highest BCUT2D eigenvalue weighted by molar-refractivity contribution is 6.74. The molecule has 206 valence electrons. The number of halogens is 3. The summed E-state index contributed by atoms with van der Waals surface area (Å²) in [6.45, 7) is 12.7. The molecule has 3 rings (SSSR count). The van der Waals surface area contributed by atoms with Crippen molar-refractivity contribution in [1.29, 1.82) is 5.26 Å². The molecule has 38 heavy (non-hydrogen) atoms. The second-order valence-corrected chi connectivity index (χ2v) is 15.7. The van der Waals surface area contributed by atoms with Crippen LogP contribution >= 0.6 is 0 Å². The molecule has 0 atom stereocenters. The number of carbonyl (C=O) groups is 1. The lowest BCUT2D eigenvalue weighted by molar-refractivity contribution is -0.137. The second kappa shape index (κ2) is 11.7. The van der Waals surface area contributed by atoms with Gasteiger partial charge in [-0.2, -0.15) is 18.4 Å². The zero-order valence-corrected chi connectivity index (χ0v) is 23.5. The van der Waals surface area contributed by atoms with Gasteiger partial charge < -0.3 is 19.4 Å². The lowest BCUT2D eigenvalue weighted by atomic mass is 9.95. The van der Waals surface area contributed by atoms with Crippen LogP contribution < -0.4 is 15.0 Å². The van der Waals surface area contributed by atoms with E-state index in [0.29, 0.717) is 56.4 Å². The lowest BCUT2D eigenvalue weighted by Crippen LogP contribution is -2.41. The highest BCUT2D eigenvalue weighted by Gasteiger charge is 2.37. The van der Waals surface area contributed by atoms with Crippen molar-refractivity contribution < 1.29 is 27.1 Å². The van der Waals surface area contributed by atoms with Crippen molar-refractivity contribution in [2.75, 3.05) is 36.5 Å². The number of carbonyl (C=O) groups excluding carboxylic acids is 1. The molecule has 1 saturated heterocycles. The van der Waals surface area contributed by atoms with E-state index in [0.717, 1.165) is 6.07 Å². The first-order valence-electron chi connectivity index (χ1n) is 12.6. The molecule has 1 N–H and O–H groups in total. The molecule has 1 aliphatic heterocycles. The first-order valence-corrected chi connectivity index (χ1v) is 15.5. The molecule has 1 aliphatic rings. The van der Waals surface area contributed by atoms with Gasteiger partial charge in [-0.3, -0.25) is 4.79 Å². The van der Waals surface area contributed by atoms with Crippen LogP contribution in [0.25, 0.3) is 0 Å². The fourth-order valence-electron chi connectivity index (χ4n) is 3.90. The van der Waals surface area contributed by atoms with Crippen LogP contribution in [0.4, 0.5) is 24.7 Å². The van der Waals surface area contributed by atoms with E-state index in [1.165, 1.54) is 12.1 Å². The van der Waals surface area contributed by atoms with Gasteiger partial charge in [-0.25, -0.2) is 4.98 Å². The Labute approximate surface area is 223 Å². The predicted octanol–water partition coefficient (Wildman–Crippen LogP) is 6.23. The van der Waals surface area contributed by atoms with Crippen LogP contribution in [0.15, 0.2) is 36.5 Å². The van der Waals surface area contributed by atoms with Crippen LogP contribution in [-0.4, -0.2) is 45.5 Å². The van der Waals surface area contributed by atoms with E-state index < -0.39 is 25.6 Å². The molecule has 2 aromatic rings. The Kier molecular flexibility index (Phi) is 9.10. The van der Waals surface area contributed by atoms with Gasteiger partial charge in [0.15, 0.2) is 8.32 Å². The number of pyridine rings is 1. The van der Waals surface area contributed by atoms with Crippen molar-refractivity contribution >= 4 is 25.7 Å². The average molecular weight is 549 g/mol. The first kappa shape index (κ1) is 29.5. The number of anilines is 2. The standard InChI is InChI=1S/C27H35F3N4O3Si/c1-26(2,3)38(4,5)37-15-14-36-22-8-9-24(32-18-22)33-25(35)19-10-12-34(13-11-19)21-7-6-20(17-31)23(16-21)27(28,29)30/h6-9,16,18-19H,10-15H2,1-5H3,(H,32,33,35). The summed E-state index contributed by atoms with van der Waals surface area (Å²) in [5.74, 6) is 0.529. The third-order valence-corrected chi connectivity index (χ3v) is 11.8. The van der Waals surface area contributed by atoms with Crippen molar-refractivity contribution in [1.82, 2.24) is 4.98 Å². The molecule has 0 bridgehead atoms. The van der Waals surface area contributed by atoms with Crippen molar-refractivity contribution in [2.45, 2.75) is 57.9 Å². The Bertz CT molecular complexity index is 1150. The summed E-state index contributed by atoms with van der Waals surface area (Å²) in [4.78, 5) is 18.8. The summed E-state index contributed by atoms with van der Waals surface area (Å²) in [5, 5.41) is 11.9. The zero-order chi connectivity index (χ0) is 28.1. The number of rotatable bonds is 8. The summed E-state index contributed by atoms with van der Waals surface area (Å²) in [6.07, 6.45) is -2.08. The first-order chi connectivity index (χ1) is 17.7. The van der Waals surface area contributed by atoms with Gasteiger partial charge >= 0.3 is 6.18 Å². The number of ether oxygens (including phenoxy) is 1. The molecular formula is C27H35F3N4O3Si. The van der Waals surface area contributed by atoms with Gasteiger partial charge in [-0.05, 0) is 61.3 Å². The molecule has 11 heteroatoms. The van der Waals surface area contributed by atoms with E-state index in [1.807, 2.05) is 0 Å². The minimum absolute atomic E-state index is 0.130. The Balaban J connectivity index is 1.47. The number of hydrogen-bond donors (Lipinski definition) is 1. The highest BCUT2D eigenvalue weighted by Crippen LogP contribution is 2.37. The Morgan fingerprint density at radius 1 is 1.16 bits per heavy atom. The molecule has 0 aliphatic carbocycles. The van der Waals surface area contributed by atoms with E-state index in [4.69, 9.17) is 14.4 Å². The largest absolute Gasteiger partial charge is 0.490 e. The second-order valence-electron chi connectivity index (χ2n) is 10.9. The maximum absolute atomic E-state index is 13.3. The molecular weight excluding hydrogens is 513 g/mol. The monoisotopic (exact) mass is 548 g/mol. The summed E-state index contributed by atoms with van der Waals surface area (Å²) in [5.41, 5.74) is -0.958. The number of piperidine rings is 1. The van der Waals surface area contributed by atoms with Crippen LogP contribution in [0.3, 0.4) is 0 Å². The van der Waals surface area contributed by atoms with Crippen LogP contribution in [-0.2, 0) is 15.4 Å². The fourth-order valence-corrected chi connectivity index (χ4v) is 4.93. The number of benzene rings is 1. The molecule has 1 aromatic carbocycles. The molecule has 2 heterocycles. The molecule has 1 aromatic heterocycles. The number of nitrogens with zero attached hydrogens (tertiary/aromatic N) is 3. The van der Waals surface area contributed by atoms with Crippen molar-refractivity contribution in [3.8, 4) is 11.8 Å². The molecule has 1 fully saturated rings. The number of amides is 1. The fraction of sp³-hybridized carbons (Fsp3) is 0.519. The third kappa shape index (κ3) is 7.48. The number of nitrogens with one attached hydrogen (secondary N) is 1. The van der Waals surface area contributed by atoms with Gasteiger partial charge in [0.2, 0.25) is 5.91 Å². The molecule has 0 unspecified atom stereocenters. The van der Waals surface area contributed by atoms with Gasteiger partial charge in [0.25, 0.3) is 0 Å². The minimum atomic E-state index is -4.61. The van der Waals surface area contributed by atoms with Crippen molar-refractivity contribution in [2.24, 2.45) is 5.92 Å². The topological polar surface area (TPSA) is 87.5 Å². The van der Waals surface area contributed by atoms with Crippen molar-refractivity contribution in [3.63, 3.8) is 0 Å². The summed E-state index contributed by atoms with van der Waals surface area (Å²) >= 11 is 0. The predicted molar refractivity (Wildman–Crippen MR) is 143 cm³/mol. The summed E-state index contributed by atoms with van der Waals surface area (Å²) in [7, 11) is -1.83. The maximum Gasteiger partial charge on any atom is 0.417 e. The van der Waals surface area contributed by atoms with Gasteiger partial charge in [-0.15, -0.1) is 0 Å². The summed E-state index contributed by atoms with van der Waals surface area (Å²) < 4.78 is 51.7. The Morgan fingerprint density at radius 3 is 2.39 bits per heavy atom. The lowest BCUT2D eigenvalue weighted by Gasteiger charge is -2.36. The quantitative estimate of drug-likeness (QED) is 0.311. The van der Waals surface area contributed by atoms with Gasteiger partial charge in [-0.1, -0.05) is 20.8 Å². The van der Waals surface area contributed by atoms with Crippen LogP contribution in [0.5, 0.6) is 5.75 Å². The molecule has 1 amide bonds. The normalized spacial score (nSPS) is 15.2. The van der Waals surface area contributed by atoms with Crippen LogP contribution in [0, 0.1) is 17.2 Å². The maximum atomic E-state index is 13.3. The van der Waals surface area contributed by atoms with Crippen LogP contribution in [0.1, 0.15) is 44.7 Å². The van der Waals surface area contributed by atoms with Gasteiger partial charge in [0.1, 0.15) is 18.2 Å². The number of hydrogen-bond acceptors (Lipinski definition) is 6. The number of nitriles is 1. The number of aromatic nitrogens is 1. The Hall–Kier alpha value is -3.10. The molecule has 0 saturated carbocycles. The van der Waals surface area contributed by atoms with Gasteiger partial charge in [0.05, 0.1) is 30.0 Å². The van der Waals surface area contributed by atoms with E-state index in [1.54, 1.807) is 29.3 Å². The van der Waals surface area contributed by atoms with Crippen molar-refractivity contribution in [3.05, 3.63) is 47.7 Å². The van der Waals surface area contributed by atoms with E-state index in [-0.39, 0.29) is 16.9 Å². The SMILES string of the molecule is CC(C)(C)[Si](C)(C)OCCOc1ccc(NC(=O)C2CCN(c3ccc(C#N)c(C(F)(F)F)c3)CC2)nc1. The molecule has 7 nitrogen and oxygen atoms in total. The number of alkyl halides is 3. The smallest absolute Gasteiger partial charge is 0.417 e. The average Bonchev–Trinajstić information content (AvgIpc) is 2.86. The summed E-state index contributed by atoms with van der Waals surface area (Å²) in [6, 6.07) is 8.72. The van der Waals surface area contributed by atoms with E-state index in [2.05, 4.69) is 44.2 Å². The van der Waals surface area contributed by atoms with Crippen LogP contribution in [0.2, 0.25) is 18.1 Å². The highest BCUT2D eigenvalue weighted by atomic mass is 28.4.